The molecule has 0 unspecified atom stereocenters. The molecule has 7 heteroatoms. The van der Waals surface area contributed by atoms with E-state index >= 15 is 0 Å². The molecule has 27 heavy (non-hydrogen) atoms. The van der Waals surface area contributed by atoms with Crippen LogP contribution in [0.2, 0.25) is 0 Å². The quantitative estimate of drug-likeness (QED) is 0.627. The molecule has 2 heterocycles. The van der Waals surface area contributed by atoms with Crippen molar-refractivity contribution >= 4 is 28.9 Å². The van der Waals surface area contributed by atoms with Gasteiger partial charge in [-0.1, -0.05) is 18.6 Å². The van der Waals surface area contributed by atoms with Crippen molar-refractivity contribution in [2.45, 2.75) is 32.6 Å². The molecule has 2 amide bonds. The Balaban J connectivity index is 1.59. The van der Waals surface area contributed by atoms with Gasteiger partial charge in [-0.15, -0.1) is 11.3 Å². The highest BCUT2D eigenvalue weighted by Crippen LogP contribution is 2.28. The van der Waals surface area contributed by atoms with Crippen molar-refractivity contribution < 1.29 is 14.0 Å². The largest absolute Gasteiger partial charge is 0.333 e. The first kappa shape index (κ1) is 19.2. The molecule has 3 rings (SSSR count). The second-order valence-electron chi connectivity index (χ2n) is 6.53. The van der Waals surface area contributed by atoms with Gasteiger partial charge in [0.05, 0.1) is 10.6 Å². The lowest BCUT2D eigenvalue weighted by Gasteiger charge is -2.18. The van der Waals surface area contributed by atoms with Crippen molar-refractivity contribution in [3.8, 4) is 10.4 Å². The Hall–Kier alpha value is -2.54. The molecule has 0 saturated carbocycles. The third-order valence-electron chi connectivity index (χ3n) is 4.45. The molecule has 1 aromatic carbocycles. The summed E-state index contributed by atoms with van der Waals surface area (Å²) in [5.41, 5.74) is 4.16. The molecule has 0 bridgehead atoms. The van der Waals surface area contributed by atoms with Gasteiger partial charge in [-0.05, 0) is 49.6 Å². The molecule has 1 fully saturated rings. The van der Waals surface area contributed by atoms with E-state index < -0.39 is 0 Å². The Kier molecular flexibility index (Phi) is 6.34. The van der Waals surface area contributed by atoms with Crippen LogP contribution in [0.25, 0.3) is 10.4 Å². The van der Waals surface area contributed by atoms with Crippen molar-refractivity contribution in [1.82, 2.24) is 10.3 Å². The van der Waals surface area contributed by atoms with Crippen molar-refractivity contribution in [3.05, 3.63) is 47.1 Å². The van der Waals surface area contributed by atoms with Crippen LogP contribution in [0.4, 0.5) is 4.39 Å². The van der Waals surface area contributed by atoms with Crippen LogP contribution in [0.3, 0.4) is 0 Å². The lowest BCUT2D eigenvalue weighted by atomic mass is 10.2. The molecule has 2 aromatic rings. The molecular weight excluding hydrogens is 365 g/mol. The zero-order valence-corrected chi connectivity index (χ0v) is 16.0. The zero-order valence-electron chi connectivity index (χ0n) is 15.2. The second-order valence-corrected chi connectivity index (χ2v) is 7.61. The van der Waals surface area contributed by atoms with Crippen molar-refractivity contribution in [3.63, 3.8) is 0 Å². The molecule has 1 aromatic heterocycles. The molecule has 142 valence electrons. The van der Waals surface area contributed by atoms with E-state index in [1.165, 1.54) is 23.5 Å². The van der Waals surface area contributed by atoms with E-state index in [1.807, 2.05) is 19.1 Å². The minimum atomic E-state index is -0.292. The molecule has 5 nitrogen and oxygen atoms in total. The van der Waals surface area contributed by atoms with Crippen LogP contribution in [-0.4, -0.2) is 35.5 Å². The number of carbonyl (C=O) groups excluding carboxylic acids is 2. The third-order valence-corrected chi connectivity index (χ3v) is 5.69. The van der Waals surface area contributed by atoms with Crippen LogP contribution in [-0.2, 0) is 9.59 Å². The maximum atomic E-state index is 13.0. The maximum Gasteiger partial charge on any atom is 0.259 e. The minimum absolute atomic E-state index is 0.0329. The van der Waals surface area contributed by atoms with E-state index in [-0.39, 0.29) is 24.2 Å². The van der Waals surface area contributed by atoms with Gasteiger partial charge in [-0.25, -0.2) is 9.82 Å². The second kappa shape index (κ2) is 8.90. The Morgan fingerprint density at radius 1 is 1.19 bits per heavy atom. The van der Waals surface area contributed by atoms with E-state index in [9.17, 15) is 14.0 Å². The number of hydrogen-bond donors (Lipinski definition) is 1. The summed E-state index contributed by atoms with van der Waals surface area (Å²) in [6, 6.07) is 10.2. The first-order valence-electron chi connectivity index (χ1n) is 9.00. The summed E-state index contributed by atoms with van der Waals surface area (Å²) >= 11 is 1.52. The summed E-state index contributed by atoms with van der Waals surface area (Å²) in [4.78, 5) is 27.6. The van der Waals surface area contributed by atoms with Gasteiger partial charge in [-0.2, -0.15) is 5.10 Å². The molecule has 1 aliphatic rings. The number of likely N-dealkylation sites (tertiary alicyclic amines) is 1. The number of nitrogens with one attached hydrogen (secondary N) is 1. The number of amides is 2. The number of hydrogen-bond acceptors (Lipinski definition) is 4. The molecule has 0 radical (unpaired) electrons. The fourth-order valence-electron chi connectivity index (χ4n) is 2.92. The highest BCUT2D eigenvalue weighted by Gasteiger charge is 2.19. The number of halogens is 1. The summed E-state index contributed by atoms with van der Waals surface area (Å²) in [6.45, 7) is 2.49. The van der Waals surface area contributed by atoms with E-state index in [0.717, 1.165) is 34.6 Å². The Bertz CT molecular complexity index is 845. The number of carbonyl (C=O) groups is 2. The average Bonchev–Trinajstić information content (AvgIpc) is 3.07. The maximum absolute atomic E-state index is 13.0. The predicted octanol–water partition coefficient (Wildman–Crippen LogP) is 3.80. The summed E-state index contributed by atoms with van der Waals surface area (Å²) < 4.78 is 13.0. The molecular formula is C20H22FN3O2S. The Morgan fingerprint density at radius 3 is 2.74 bits per heavy atom. The van der Waals surface area contributed by atoms with Gasteiger partial charge in [0.15, 0.2) is 0 Å². The first-order valence-corrected chi connectivity index (χ1v) is 9.81. The lowest BCUT2D eigenvalue weighted by Crippen LogP contribution is -2.39. The van der Waals surface area contributed by atoms with E-state index in [2.05, 4.69) is 10.5 Å². The highest BCUT2D eigenvalue weighted by atomic mass is 32.1. The minimum Gasteiger partial charge on any atom is -0.333 e. The van der Waals surface area contributed by atoms with E-state index in [1.54, 1.807) is 17.0 Å². The van der Waals surface area contributed by atoms with Crippen molar-refractivity contribution in [2.24, 2.45) is 5.10 Å². The summed E-state index contributed by atoms with van der Waals surface area (Å²) in [5.74, 6) is -0.524. The van der Waals surface area contributed by atoms with Crippen molar-refractivity contribution in [2.75, 3.05) is 13.1 Å². The van der Waals surface area contributed by atoms with E-state index in [4.69, 9.17) is 0 Å². The molecule has 0 atom stereocenters. The molecule has 1 aliphatic heterocycles. The fraction of sp³-hybridized carbons (Fsp3) is 0.350. The number of rotatable bonds is 5. The highest BCUT2D eigenvalue weighted by molar-refractivity contribution is 7.17. The molecule has 1 N–H and O–H groups in total. The van der Waals surface area contributed by atoms with Gasteiger partial charge in [0.1, 0.15) is 12.4 Å². The molecule has 1 saturated heterocycles. The van der Waals surface area contributed by atoms with Crippen LogP contribution in [0.5, 0.6) is 0 Å². The lowest BCUT2D eigenvalue weighted by molar-refractivity contribution is -0.135. The van der Waals surface area contributed by atoms with Crippen LogP contribution >= 0.6 is 11.3 Å². The summed E-state index contributed by atoms with van der Waals surface area (Å²) in [7, 11) is 0. The normalized spacial score (nSPS) is 15.6. The van der Waals surface area contributed by atoms with Gasteiger partial charge >= 0.3 is 0 Å². The smallest absolute Gasteiger partial charge is 0.259 e. The van der Waals surface area contributed by atoms with Gasteiger partial charge in [-0.3, -0.25) is 9.59 Å². The third kappa shape index (κ3) is 5.23. The number of benzene rings is 1. The van der Waals surface area contributed by atoms with Crippen LogP contribution in [0, 0.1) is 5.82 Å². The van der Waals surface area contributed by atoms with Crippen LogP contribution in [0.15, 0.2) is 41.5 Å². The van der Waals surface area contributed by atoms with Gasteiger partial charge in [0, 0.05) is 17.8 Å². The number of thiophene rings is 1. The van der Waals surface area contributed by atoms with Gasteiger partial charge < -0.3 is 4.90 Å². The van der Waals surface area contributed by atoms with Crippen LogP contribution in [0.1, 0.15) is 37.5 Å². The van der Waals surface area contributed by atoms with E-state index in [0.29, 0.717) is 18.7 Å². The number of nitrogens with zero attached hydrogens (tertiary/aromatic N) is 2. The topological polar surface area (TPSA) is 61.8 Å². The summed E-state index contributed by atoms with van der Waals surface area (Å²) in [5, 5.41) is 4.16. The van der Waals surface area contributed by atoms with Gasteiger partial charge in [0.25, 0.3) is 5.91 Å². The van der Waals surface area contributed by atoms with Crippen LogP contribution < -0.4 is 5.43 Å². The number of hydrazone groups is 1. The standard InChI is InChI=1S/C20H22FN3O2S/c1-14(17-10-11-18(27-17)15-6-8-16(21)9-7-15)22-23-19(25)13-24-12-4-2-3-5-20(24)26/h6-11H,2-5,12-13H2,1H3,(H,23,25). The monoisotopic (exact) mass is 387 g/mol. The zero-order chi connectivity index (χ0) is 19.2. The average molecular weight is 387 g/mol. The predicted molar refractivity (Wildman–Crippen MR) is 105 cm³/mol. The Labute approximate surface area is 161 Å². The SMILES string of the molecule is CC(=NNC(=O)CN1CCCCCC1=O)c1ccc(-c2ccc(F)cc2)s1. The molecule has 0 spiro atoms. The first-order chi connectivity index (χ1) is 13.0. The Morgan fingerprint density at radius 2 is 1.96 bits per heavy atom. The molecule has 0 aliphatic carbocycles. The van der Waals surface area contributed by atoms with Gasteiger partial charge in [0.2, 0.25) is 5.91 Å². The summed E-state index contributed by atoms with van der Waals surface area (Å²) in [6.07, 6.45) is 3.36. The van der Waals surface area contributed by atoms with Crippen molar-refractivity contribution in [1.29, 1.82) is 0 Å². The fourth-order valence-corrected chi connectivity index (χ4v) is 3.87.